The van der Waals surface area contributed by atoms with Gasteiger partial charge >= 0.3 is 0 Å². The number of rotatable bonds is 7. The summed E-state index contributed by atoms with van der Waals surface area (Å²) in [6.45, 7) is 1.82. The Morgan fingerprint density at radius 1 is 1.19 bits per heavy atom. The molecule has 0 amide bonds. The van der Waals surface area contributed by atoms with Crippen LogP contribution in [0.5, 0.6) is 11.6 Å². The van der Waals surface area contributed by atoms with Crippen molar-refractivity contribution in [2.24, 2.45) is 0 Å². The van der Waals surface area contributed by atoms with E-state index in [1.165, 1.54) is 18.4 Å². The van der Waals surface area contributed by atoms with Crippen LogP contribution in [0.15, 0.2) is 42.9 Å². The van der Waals surface area contributed by atoms with E-state index >= 15 is 0 Å². The van der Waals surface area contributed by atoms with Gasteiger partial charge in [-0.1, -0.05) is 12.1 Å². The third kappa shape index (κ3) is 4.00. The standard InChI is InChI=1S/C16H19N3O2/c20-10-9-19(14-3-4-14)12-13-1-5-15(6-2-13)21-16-11-17-7-8-18-16/h1-2,5-8,11,14,20H,3-4,9-10,12H2. The first-order valence-corrected chi connectivity index (χ1v) is 7.23. The summed E-state index contributed by atoms with van der Waals surface area (Å²) in [5.74, 6) is 1.24. The molecule has 5 heteroatoms. The quantitative estimate of drug-likeness (QED) is 0.845. The number of ether oxygens (including phenoxy) is 1. The van der Waals surface area contributed by atoms with Crippen LogP contribution in [0.1, 0.15) is 18.4 Å². The first-order valence-electron chi connectivity index (χ1n) is 7.23. The topological polar surface area (TPSA) is 58.5 Å². The maximum atomic E-state index is 9.13. The van der Waals surface area contributed by atoms with Gasteiger partial charge in [0.15, 0.2) is 0 Å². The normalized spacial score (nSPS) is 14.4. The third-order valence-corrected chi connectivity index (χ3v) is 3.52. The molecule has 1 saturated carbocycles. The molecule has 0 saturated heterocycles. The number of aromatic nitrogens is 2. The van der Waals surface area contributed by atoms with Gasteiger partial charge in [0.1, 0.15) is 5.75 Å². The number of benzene rings is 1. The Morgan fingerprint density at radius 2 is 2.00 bits per heavy atom. The molecule has 1 N–H and O–H groups in total. The van der Waals surface area contributed by atoms with Gasteiger partial charge in [0.25, 0.3) is 0 Å². The first-order chi connectivity index (χ1) is 10.3. The van der Waals surface area contributed by atoms with Crippen molar-refractivity contribution in [3.05, 3.63) is 48.4 Å². The zero-order chi connectivity index (χ0) is 14.5. The lowest BCUT2D eigenvalue weighted by Gasteiger charge is -2.20. The Hall–Kier alpha value is -1.98. The van der Waals surface area contributed by atoms with Crippen molar-refractivity contribution in [3.8, 4) is 11.6 Å². The molecule has 0 atom stereocenters. The zero-order valence-corrected chi connectivity index (χ0v) is 11.9. The van der Waals surface area contributed by atoms with E-state index in [0.717, 1.165) is 18.8 Å². The summed E-state index contributed by atoms with van der Waals surface area (Å²) >= 11 is 0. The van der Waals surface area contributed by atoms with Crippen LogP contribution in [0.4, 0.5) is 0 Å². The second-order valence-electron chi connectivity index (χ2n) is 5.21. The molecule has 0 aliphatic heterocycles. The zero-order valence-electron chi connectivity index (χ0n) is 11.9. The maximum Gasteiger partial charge on any atom is 0.237 e. The summed E-state index contributed by atoms with van der Waals surface area (Å²) < 4.78 is 5.62. The SMILES string of the molecule is OCCN(Cc1ccc(Oc2cnccn2)cc1)C1CC1. The molecule has 1 aromatic heterocycles. The molecule has 0 bridgehead atoms. The monoisotopic (exact) mass is 285 g/mol. The van der Waals surface area contributed by atoms with Gasteiger partial charge in [-0.2, -0.15) is 0 Å². The van der Waals surface area contributed by atoms with E-state index in [2.05, 4.69) is 27.0 Å². The fourth-order valence-corrected chi connectivity index (χ4v) is 2.32. The summed E-state index contributed by atoms with van der Waals surface area (Å²) in [6.07, 6.45) is 7.29. The highest BCUT2D eigenvalue weighted by molar-refractivity contribution is 5.30. The lowest BCUT2D eigenvalue weighted by molar-refractivity contribution is 0.183. The number of aliphatic hydroxyl groups excluding tert-OH is 1. The summed E-state index contributed by atoms with van der Waals surface area (Å²) in [6, 6.07) is 8.63. The molecule has 1 aromatic carbocycles. The Labute approximate surface area is 124 Å². The first kappa shape index (κ1) is 14.0. The molecule has 1 aliphatic rings. The van der Waals surface area contributed by atoms with E-state index in [9.17, 15) is 0 Å². The number of hydrogen-bond donors (Lipinski definition) is 1. The molecule has 0 radical (unpaired) electrons. The van der Waals surface area contributed by atoms with Gasteiger partial charge in [-0.3, -0.25) is 9.88 Å². The van der Waals surface area contributed by atoms with Crippen molar-refractivity contribution in [1.82, 2.24) is 14.9 Å². The largest absolute Gasteiger partial charge is 0.438 e. The molecular weight excluding hydrogens is 266 g/mol. The van der Waals surface area contributed by atoms with Crippen LogP contribution in [0.25, 0.3) is 0 Å². The summed E-state index contributed by atoms with van der Waals surface area (Å²) in [5, 5.41) is 9.13. The van der Waals surface area contributed by atoms with Crippen molar-refractivity contribution in [1.29, 1.82) is 0 Å². The van der Waals surface area contributed by atoms with E-state index < -0.39 is 0 Å². The fraction of sp³-hybridized carbons (Fsp3) is 0.375. The third-order valence-electron chi connectivity index (χ3n) is 3.52. The van der Waals surface area contributed by atoms with Crippen LogP contribution in [-0.4, -0.2) is 39.2 Å². The Morgan fingerprint density at radius 3 is 2.62 bits per heavy atom. The molecular formula is C16H19N3O2. The number of aliphatic hydroxyl groups is 1. The predicted octanol–water partition coefficient (Wildman–Crippen LogP) is 2.23. The lowest BCUT2D eigenvalue weighted by Crippen LogP contribution is -2.28. The van der Waals surface area contributed by atoms with Crippen molar-refractivity contribution >= 4 is 0 Å². The van der Waals surface area contributed by atoms with Crippen molar-refractivity contribution in [3.63, 3.8) is 0 Å². The van der Waals surface area contributed by atoms with Crippen LogP contribution in [0.2, 0.25) is 0 Å². The smallest absolute Gasteiger partial charge is 0.237 e. The Kier molecular flexibility index (Phi) is 4.43. The average molecular weight is 285 g/mol. The van der Waals surface area contributed by atoms with E-state index in [-0.39, 0.29) is 6.61 Å². The Balaban J connectivity index is 1.61. The summed E-state index contributed by atoms with van der Waals surface area (Å²) in [7, 11) is 0. The molecule has 1 aliphatic carbocycles. The molecule has 1 fully saturated rings. The van der Waals surface area contributed by atoms with Crippen molar-refractivity contribution in [2.75, 3.05) is 13.2 Å². The molecule has 3 rings (SSSR count). The van der Waals surface area contributed by atoms with Gasteiger partial charge in [-0.15, -0.1) is 0 Å². The van der Waals surface area contributed by atoms with Crippen LogP contribution >= 0.6 is 0 Å². The van der Waals surface area contributed by atoms with Crippen molar-refractivity contribution < 1.29 is 9.84 Å². The van der Waals surface area contributed by atoms with Gasteiger partial charge in [0, 0.05) is 31.5 Å². The molecule has 2 aromatic rings. The number of nitrogens with zero attached hydrogens (tertiary/aromatic N) is 3. The number of hydrogen-bond acceptors (Lipinski definition) is 5. The van der Waals surface area contributed by atoms with E-state index in [4.69, 9.17) is 9.84 Å². The predicted molar refractivity (Wildman–Crippen MR) is 79.1 cm³/mol. The van der Waals surface area contributed by atoms with Crippen LogP contribution in [-0.2, 0) is 6.54 Å². The highest BCUT2D eigenvalue weighted by Gasteiger charge is 2.28. The van der Waals surface area contributed by atoms with E-state index in [1.807, 2.05) is 12.1 Å². The fourth-order valence-electron chi connectivity index (χ4n) is 2.32. The minimum absolute atomic E-state index is 0.213. The van der Waals surface area contributed by atoms with Crippen LogP contribution < -0.4 is 4.74 Å². The minimum Gasteiger partial charge on any atom is -0.438 e. The van der Waals surface area contributed by atoms with E-state index in [0.29, 0.717) is 11.9 Å². The van der Waals surface area contributed by atoms with Gasteiger partial charge in [-0.25, -0.2) is 4.98 Å². The Bertz CT molecular complexity index is 555. The summed E-state index contributed by atoms with van der Waals surface area (Å²) in [4.78, 5) is 10.4. The average Bonchev–Trinajstić information content (AvgIpc) is 3.35. The molecule has 110 valence electrons. The van der Waals surface area contributed by atoms with Crippen LogP contribution in [0, 0.1) is 0 Å². The van der Waals surface area contributed by atoms with Crippen LogP contribution in [0.3, 0.4) is 0 Å². The van der Waals surface area contributed by atoms with Gasteiger partial charge < -0.3 is 9.84 Å². The minimum atomic E-state index is 0.213. The molecule has 0 spiro atoms. The molecule has 5 nitrogen and oxygen atoms in total. The highest BCUT2D eigenvalue weighted by atomic mass is 16.5. The molecule has 21 heavy (non-hydrogen) atoms. The van der Waals surface area contributed by atoms with Gasteiger partial charge in [0.2, 0.25) is 5.88 Å². The van der Waals surface area contributed by atoms with Gasteiger partial charge in [0.05, 0.1) is 12.8 Å². The molecule has 1 heterocycles. The maximum absolute atomic E-state index is 9.13. The van der Waals surface area contributed by atoms with E-state index in [1.54, 1.807) is 18.6 Å². The second-order valence-corrected chi connectivity index (χ2v) is 5.21. The summed E-state index contributed by atoms with van der Waals surface area (Å²) in [5.41, 5.74) is 1.22. The second kappa shape index (κ2) is 6.65. The van der Waals surface area contributed by atoms with Crippen molar-refractivity contribution in [2.45, 2.75) is 25.4 Å². The highest BCUT2D eigenvalue weighted by Crippen LogP contribution is 2.28. The molecule has 0 unspecified atom stereocenters. The lowest BCUT2D eigenvalue weighted by atomic mass is 10.2. The van der Waals surface area contributed by atoms with Gasteiger partial charge in [-0.05, 0) is 30.5 Å².